The molecular weight excluding hydrogens is 260 g/mol. The average Bonchev–Trinajstić information content (AvgIpc) is 3.32. The topological polar surface area (TPSA) is 24.5 Å². The van der Waals surface area contributed by atoms with Crippen LogP contribution in [0.15, 0.2) is 24.3 Å². The molecule has 1 N–H and O–H groups in total. The highest BCUT2D eigenvalue weighted by Gasteiger charge is 2.30. The standard InChI is InChI=1S/C18H30N2O/c1-4-13-20(15-11-12-15)14-17(19-5-2)16-9-7-8-10-18(16)21-6-3/h7-10,15,17,19H,4-6,11-14H2,1-3H3. The summed E-state index contributed by atoms with van der Waals surface area (Å²) in [5.41, 5.74) is 1.29. The Bertz CT molecular complexity index is 417. The van der Waals surface area contributed by atoms with Crippen molar-refractivity contribution in [1.82, 2.24) is 10.2 Å². The van der Waals surface area contributed by atoms with Crippen LogP contribution in [0.1, 0.15) is 51.6 Å². The first-order chi connectivity index (χ1) is 10.3. The molecule has 0 spiro atoms. The first-order valence-corrected chi connectivity index (χ1v) is 8.49. The van der Waals surface area contributed by atoms with Gasteiger partial charge in [0.05, 0.1) is 6.61 Å². The van der Waals surface area contributed by atoms with E-state index in [0.29, 0.717) is 6.04 Å². The molecule has 1 fully saturated rings. The number of para-hydroxylation sites is 1. The Kier molecular flexibility index (Phi) is 6.52. The van der Waals surface area contributed by atoms with Gasteiger partial charge in [-0.15, -0.1) is 0 Å². The first kappa shape index (κ1) is 16.3. The van der Waals surface area contributed by atoms with E-state index < -0.39 is 0 Å². The first-order valence-electron chi connectivity index (χ1n) is 8.49. The van der Waals surface area contributed by atoms with E-state index >= 15 is 0 Å². The number of likely N-dealkylation sites (N-methyl/N-ethyl adjacent to an activating group) is 1. The lowest BCUT2D eigenvalue weighted by atomic mass is 10.0. The molecule has 1 atom stereocenters. The van der Waals surface area contributed by atoms with Gasteiger partial charge in [0, 0.05) is 24.2 Å². The molecule has 21 heavy (non-hydrogen) atoms. The van der Waals surface area contributed by atoms with Crippen molar-refractivity contribution in [1.29, 1.82) is 0 Å². The van der Waals surface area contributed by atoms with Crippen LogP contribution in [0.3, 0.4) is 0 Å². The van der Waals surface area contributed by atoms with Crippen LogP contribution in [0.5, 0.6) is 5.75 Å². The number of rotatable bonds is 10. The van der Waals surface area contributed by atoms with Crippen molar-refractivity contribution in [2.24, 2.45) is 0 Å². The van der Waals surface area contributed by atoms with Gasteiger partial charge in [-0.05, 0) is 45.3 Å². The largest absolute Gasteiger partial charge is 0.494 e. The Balaban J connectivity index is 2.13. The minimum Gasteiger partial charge on any atom is -0.494 e. The fraction of sp³-hybridized carbons (Fsp3) is 0.667. The highest BCUT2D eigenvalue weighted by molar-refractivity contribution is 5.36. The molecule has 1 aliphatic carbocycles. The molecule has 2 rings (SSSR count). The lowest BCUT2D eigenvalue weighted by Crippen LogP contribution is -2.37. The van der Waals surface area contributed by atoms with E-state index in [9.17, 15) is 0 Å². The van der Waals surface area contributed by atoms with Gasteiger partial charge in [-0.3, -0.25) is 4.90 Å². The summed E-state index contributed by atoms with van der Waals surface area (Å²) in [6.07, 6.45) is 3.96. The monoisotopic (exact) mass is 290 g/mol. The number of nitrogens with one attached hydrogen (secondary N) is 1. The van der Waals surface area contributed by atoms with Crippen molar-refractivity contribution in [2.45, 2.75) is 52.1 Å². The zero-order valence-electron chi connectivity index (χ0n) is 13.8. The van der Waals surface area contributed by atoms with Crippen molar-refractivity contribution < 1.29 is 4.74 Å². The second kappa shape index (κ2) is 8.40. The van der Waals surface area contributed by atoms with E-state index in [-0.39, 0.29) is 0 Å². The highest BCUT2D eigenvalue weighted by atomic mass is 16.5. The van der Waals surface area contributed by atoms with Crippen LogP contribution in [-0.4, -0.2) is 37.2 Å². The van der Waals surface area contributed by atoms with Crippen LogP contribution < -0.4 is 10.1 Å². The molecule has 0 saturated heterocycles. The SMILES string of the molecule is CCCN(CC(NCC)c1ccccc1OCC)C1CC1. The molecule has 0 bridgehead atoms. The van der Waals surface area contributed by atoms with Crippen LogP contribution in [0, 0.1) is 0 Å². The van der Waals surface area contributed by atoms with Gasteiger partial charge in [0.15, 0.2) is 0 Å². The molecule has 1 saturated carbocycles. The van der Waals surface area contributed by atoms with E-state index in [0.717, 1.165) is 31.5 Å². The number of ether oxygens (including phenoxy) is 1. The van der Waals surface area contributed by atoms with E-state index in [1.54, 1.807) is 0 Å². The zero-order valence-corrected chi connectivity index (χ0v) is 13.8. The Morgan fingerprint density at radius 2 is 2.00 bits per heavy atom. The fourth-order valence-electron chi connectivity index (χ4n) is 2.96. The molecule has 0 radical (unpaired) electrons. The minimum absolute atomic E-state index is 0.352. The van der Waals surface area contributed by atoms with Crippen LogP contribution in [-0.2, 0) is 0 Å². The molecule has 0 amide bonds. The normalized spacial score (nSPS) is 16.2. The summed E-state index contributed by atoms with van der Waals surface area (Å²) in [5.74, 6) is 1.03. The summed E-state index contributed by atoms with van der Waals surface area (Å²) >= 11 is 0. The predicted octanol–water partition coefficient (Wildman–Crippen LogP) is 3.61. The third-order valence-electron chi connectivity index (χ3n) is 4.04. The Labute approximate surface area is 129 Å². The van der Waals surface area contributed by atoms with E-state index in [2.05, 4.69) is 48.3 Å². The molecule has 3 nitrogen and oxygen atoms in total. The van der Waals surface area contributed by atoms with Gasteiger partial charge in [-0.25, -0.2) is 0 Å². The van der Waals surface area contributed by atoms with E-state index in [1.165, 1.54) is 31.4 Å². The van der Waals surface area contributed by atoms with Gasteiger partial charge in [0.25, 0.3) is 0 Å². The molecule has 1 aliphatic rings. The van der Waals surface area contributed by atoms with Crippen LogP contribution in [0.2, 0.25) is 0 Å². The quantitative estimate of drug-likeness (QED) is 0.712. The number of benzene rings is 1. The van der Waals surface area contributed by atoms with Gasteiger partial charge in [0.2, 0.25) is 0 Å². The zero-order chi connectivity index (χ0) is 15.1. The second-order valence-corrected chi connectivity index (χ2v) is 5.81. The molecule has 3 heteroatoms. The van der Waals surface area contributed by atoms with Crippen molar-refractivity contribution in [2.75, 3.05) is 26.2 Å². The summed E-state index contributed by atoms with van der Waals surface area (Å²) in [7, 11) is 0. The minimum atomic E-state index is 0.352. The van der Waals surface area contributed by atoms with E-state index in [1.807, 2.05) is 6.92 Å². The van der Waals surface area contributed by atoms with Crippen molar-refractivity contribution in [3.8, 4) is 5.75 Å². The van der Waals surface area contributed by atoms with Crippen molar-refractivity contribution >= 4 is 0 Å². The molecule has 0 aromatic heterocycles. The van der Waals surface area contributed by atoms with Crippen LogP contribution in [0.4, 0.5) is 0 Å². The highest BCUT2D eigenvalue weighted by Crippen LogP contribution is 2.31. The molecule has 1 unspecified atom stereocenters. The lowest BCUT2D eigenvalue weighted by Gasteiger charge is -2.29. The Hall–Kier alpha value is -1.06. The van der Waals surface area contributed by atoms with Gasteiger partial charge in [0.1, 0.15) is 5.75 Å². The Morgan fingerprint density at radius 3 is 2.62 bits per heavy atom. The summed E-state index contributed by atoms with van der Waals surface area (Å²) in [4.78, 5) is 2.65. The molecule has 1 aromatic rings. The van der Waals surface area contributed by atoms with Crippen molar-refractivity contribution in [3.63, 3.8) is 0 Å². The van der Waals surface area contributed by atoms with Gasteiger partial charge >= 0.3 is 0 Å². The molecular formula is C18H30N2O. The van der Waals surface area contributed by atoms with E-state index in [4.69, 9.17) is 4.74 Å². The maximum atomic E-state index is 5.82. The fourth-order valence-corrected chi connectivity index (χ4v) is 2.96. The Morgan fingerprint density at radius 1 is 1.24 bits per heavy atom. The molecule has 0 aliphatic heterocycles. The number of hydrogen-bond donors (Lipinski definition) is 1. The summed E-state index contributed by atoms with van der Waals surface area (Å²) in [6.45, 7) is 10.5. The summed E-state index contributed by atoms with van der Waals surface area (Å²) in [5, 5.41) is 3.65. The second-order valence-electron chi connectivity index (χ2n) is 5.81. The number of hydrogen-bond acceptors (Lipinski definition) is 3. The van der Waals surface area contributed by atoms with Gasteiger partial charge < -0.3 is 10.1 Å². The maximum Gasteiger partial charge on any atom is 0.124 e. The lowest BCUT2D eigenvalue weighted by molar-refractivity contribution is 0.230. The third kappa shape index (κ3) is 4.72. The predicted molar refractivity (Wildman–Crippen MR) is 88.9 cm³/mol. The summed E-state index contributed by atoms with van der Waals surface area (Å²) in [6, 6.07) is 9.63. The number of nitrogens with zero attached hydrogens (tertiary/aromatic N) is 1. The molecule has 118 valence electrons. The van der Waals surface area contributed by atoms with Gasteiger partial charge in [-0.1, -0.05) is 32.0 Å². The van der Waals surface area contributed by atoms with Crippen LogP contribution >= 0.6 is 0 Å². The average molecular weight is 290 g/mol. The van der Waals surface area contributed by atoms with Crippen molar-refractivity contribution in [3.05, 3.63) is 29.8 Å². The molecule has 0 heterocycles. The smallest absolute Gasteiger partial charge is 0.124 e. The molecule has 1 aromatic carbocycles. The third-order valence-corrected chi connectivity index (χ3v) is 4.04. The summed E-state index contributed by atoms with van der Waals surface area (Å²) < 4.78 is 5.82. The van der Waals surface area contributed by atoms with Gasteiger partial charge in [-0.2, -0.15) is 0 Å². The van der Waals surface area contributed by atoms with Crippen LogP contribution in [0.25, 0.3) is 0 Å². The maximum absolute atomic E-state index is 5.82.